The maximum atomic E-state index is 12.3. The number of rotatable bonds is 4. The molecular weight excluding hydrogens is 322 g/mol. The molecule has 0 aromatic heterocycles. The van der Waals surface area contributed by atoms with Gasteiger partial charge in [-0.3, -0.25) is 0 Å². The molecular formula is C16H16ClNO3S. The number of benzene rings is 2. The molecule has 22 heavy (non-hydrogen) atoms. The van der Waals surface area contributed by atoms with Crippen LogP contribution in [0.4, 0.5) is 0 Å². The quantitative estimate of drug-likeness (QED) is 0.898. The summed E-state index contributed by atoms with van der Waals surface area (Å²) in [5.41, 5.74) is 1.02. The highest BCUT2D eigenvalue weighted by Gasteiger charge is 2.36. The van der Waals surface area contributed by atoms with Crippen molar-refractivity contribution in [1.29, 1.82) is 0 Å². The first kappa shape index (κ1) is 15.5. The van der Waals surface area contributed by atoms with Gasteiger partial charge in [-0.25, -0.2) is 13.1 Å². The number of hydrogen-bond acceptors (Lipinski definition) is 3. The predicted molar refractivity (Wildman–Crippen MR) is 85.4 cm³/mol. The molecule has 6 heteroatoms. The number of nitrogens with one attached hydrogen (secondary N) is 1. The summed E-state index contributed by atoms with van der Waals surface area (Å²) in [6.45, 7) is -0.0464. The highest BCUT2D eigenvalue weighted by molar-refractivity contribution is 7.89. The maximum absolute atomic E-state index is 12.3. The van der Waals surface area contributed by atoms with Gasteiger partial charge in [0, 0.05) is 19.4 Å². The Balaban J connectivity index is 1.75. The molecule has 4 nitrogen and oxygen atoms in total. The van der Waals surface area contributed by atoms with Crippen LogP contribution in [0.1, 0.15) is 11.1 Å². The Morgan fingerprint density at radius 1 is 1.05 bits per heavy atom. The Morgan fingerprint density at radius 3 is 2.18 bits per heavy atom. The van der Waals surface area contributed by atoms with Crippen LogP contribution in [-0.2, 0) is 22.9 Å². The minimum atomic E-state index is -3.75. The molecule has 0 fully saturated rings. The van der Waals surface area contributed by atoms with Gasteiger partial charge in [0.1, 0.15) is 4.90 Å². The standard InChI is InChI=1S/C16H16ClNO3S/c17-14-7-3-4-8-15(14)22(20,21)18-11-16(19)9-12-5-1-2-6-13(12)10-16/h1-8,18-19H,9-11H2. The van der Waals surface area contributed by atoms with E-state index in [0.29, 0.717) is 12.8 Å². The van der Waals surface area contributed by atoms with Crippen LogP contribution in [0, 0.1) is 0 Å². The molecule has 0 aliphatic heterocycles. The van der Waals surface area contributed by atoms with E-state index in [1.54, 1.807) is 12.1 Å². The summed E-state index contributed by atoms with van der Waals surface area (Å²) in [6.07, 6.45) is 0.877. The minimum absolute atomic E-state index is 0.0239. The monoisotopic (exact) mass is 337 g/mol. The van der Waals surface area contributed by atoms with Crippen molar-refractivity contribution in [3.8, 4) is 0 Å². The van der Waals surface area contributed by atoms with Crippen LogP contribution in [0.2, 0.25) is 5.02 Å². The number of sulfonamides is 1. The Bertz CT molecular complexity index is 780. The molecule has 3 rings (SSSR count). The lowest BCUT2D eigenvalue weighted by Crippen LogP contribution is -2.43. The normalized spacial score (nSPS) is 16.5. The second-order valence-electron chi connectivity index (χ2n) is 5.60. The van der Waals surface area contributed by atoms with Crippen molar-refractivity contribution < 1.29 is 13.5 Å². The van der Waals surface area contributed by atoms with Gasteiger partial charge in [-0.05, 0) is 23.3 Å². The molecule has 1 aliphatic carbocycles. The first-order valence-corrected chi connectivity index (χ1v) is 8.79. The fraction of sp³-hybridized carbons (Fsp3) is 0.250. The summed E-state index contributed by atoms with van der Waals surface area (Å²) in [5, 5.41) is 10.8. The van der Waals surface area contributed by atoms with E-state index in [4.69, 9.17) is 11.6 Å². The van der Waals surface area contributed by atoms with E-state index in [1.165, 1.54) is 12.1 Å². The van der Waals surface area contributed by atoms with Crippen LogP contribution < -0.4 is 4.72 Å². The van der Waals surface area contributed by atoms with E-state index in [-0.39, 0.29) is 16.5 Å². The molecule has 0 unspecified atom stereocenters. The van der Waals surface area contributed by atoms with Crippen molar-refractivity contribution in [1.82, 2.24) is 4.72 Å². The van der Waals surface area contributed by atoms with Gasteiger partial charge in [0.2, 0.25) is 10.0 Å². The van der Waals surface area contributed by atoms with Crippen LogP contribution in [0.25, 0.3) is 0 Å². The van der Waals surface area contributed by atoms with Gasteiger partial charge < -0.3 is 5.11 Å². The van der Waals surface area contributed by atoms with Gasteiger partial charge in [-0.2, -0.15) is 0 Å². The van der Waals surface area contributed by atoms with E-state index >= 15 is 0 Å². The summed E-state index contributed by atoms with van der Waals surface area (Å²) >= 11 is 5.93. The Labute approximate surface area is 134 Å². The fourth-order valence-corrected chi connectivity index (χ4v) is 4.41. The number of hydrogen-bond donors (Lipinski definition) is 2. The van der Waals surface area contributed by atoms with Crippen LogP contribution in [0.5, 0.6) is 0 Å². The smallest absolute Gasteiger partial charge is 0.242 e. The van der Waals surface area contributed by atoms with Crippen molar-refractivity contribution in [2.24, 2.45) is 0 Å². The lowest BCUT2D eigenvalue weighted by Gasteiger charge is -2.22. The average Bonchev–Trinajstić information content (AvgIpc) is 2.82. The molecule has 0 heterocycles. The largest absolute Gasteiger partial charge is 0.388 e. The first-order chi connectivity index (χ1) is 10.4. The molecule has 0 spiro atoms. The summed E-state index contributed by atoms with van der Waals surface area (Å²) in [6, 6.07) is 14.0. The van der Waals surface area contributed by atoms with Crippen LogP contribution in [0.15, 0.2) is 53.4 Å². The minimum Gasteiger partial charge on any atom is -0.388 e. The van der Waals surface area contributed by atoms with E-state index in [9.17, 15) is 13.5 Å². The molecule has 0 saturated carbocycles. The second-order valence-corrected chi connectivity index (χ2v) is 7.74. The van der Waals surface area contributed by atoms with Crippen molar-refractivity contribution in [2.45, 2.75) is 23.3 Å². The second kappa shape index (κ2) is 5.66. The summed E-state index contributed by atoms with van der Waals surface area (Å²) in [7, 11) is -3.75. The zero-order valence-corrected chi connectivity index (χ0v) is 13.4. The van der Waals surface area contributed by atoms with E-state index in [0.717, 1.165) is 11.1 Å². The van der Waals surface area contributed by atoms with Gasteiger partial charge in [-0.15, -0.1) is 0 Å². The number of fused-ring (bicyclic) bond motifs is 1. The molecule has 2 N–H and O–H groups in total. The van der Waals surface area contributed by atoms with Gasteiger partial charge in [-0.1, -0.05) is 48.0 Å². The summed E-state index contributed by atoms with van der Waals surface area (Å²) in [4.78, 5) is 0.0239. The Hall–Kier alpha value is -1.40. The zero-order chi connectivity index (χ0) is 15.8. The van der Waals surface area contributed by atoms with Gasteiger partial charge in [0.25, 0.3) is 0 Å². The predicted octanol–water partition coefficient (Wildman–Crippen LogP) is 2.15. The van der Waals surface area contributed by atoms with E-state index < -0.39 is 15.6 Å². The molecule has 2 aromatic rings. The van der Waals surface area contributed by atoms with E-state index in [2.05, 4.69) is 4.72 Å². The van der Waals surface area contributed by atoms with Crippen molar-refractivity contribution >= 4 is 21.6 Å². The van der Waals surface area contributed by atoms with Gasteiger partial charge >= 0.3 is 0 Å². The first-order valence-electron chi connectivity index (χ1n) is 6.93. The molecule has 116 valence electrons. The maximum Gasteiger partial charge on any atom is 0.242 e. The van der Waals surface area contributed by atoms with Gasteiger partial charge in [0.15, 0.2) is 0 Å². The SMILES string of the molecule is O=S(=O)(NCC1(O)Cc2ccccc2C1)c1ccccc1Cl. The third-order valence-corrected chi connectivity index (χ3v) is 5.78. The lowest BCUT2D eigenvalue weighted by molar-refractivity contribution is 0.0567. The topological polar surface area (TPSA) is 66.4 Å². The molecule has 0 radical (unpaired) electrons. The summed E-state index contributed by atoms with van der Waals surface area (Å²) in [5.74, 6) is 0. The van der Waals surface area contributed by atoms with Crippen LogP contribution in [0.3, 0.4) is 0 Å². The van der Waals surface area contributed by atoms with Crippen molar-refractivity contribution in [3.63, 3.8) is 0 Å². The van der Waals surface area contributed by atoms with Crippen LogP contribution >= 0.6 is 11.6 Å². The average molecular weight is 338 g/mol. The Morgan fingerprint density at radius 2 is 1.59 bits per heavy atom. The molecule has 0 bridgehead atoms. The number of halogens is 1. The van der Waals surface area contributed by atoms with E-state index in [1.807, 2.05) is 24.3 Å². The van der Waals surface area contributed by atoms with Crippen LogP contribution in [-0.4, -0.2) is 25.7 Å². The van der Waals surface area contributed by atoms with Crippen molar-refractivity contribution in [2.75, 3.05) is 6.54 Å². The molecule has 0 atom stereocenters. The number of aliphatic hydroxyl groups is 1. The third kappa shape index (κ3) is 3.03. The zero-order valence-electron chi connectivity index (χ0n) is 11.8. The molecule has 1 aliphatic rings. The highest BCUT2D eigenvalue weighted by atomic mass is 35.5. The summed E-state index contributed by atoms with van der Waals surface area (Å²) < 4.78 is 27.1. The fourth-order valence-electron chi connectivity index (χ4n) is 2.77. The Kier molecular flexibility index (Phi) is 3.99. The highest BCUT2D eigenvalue weighted by Crippen LogP contribution is 2.30. The molecule has 0 amide bonds. The van der Waals surface area contributed by atoms with Gasteiger partial charge in [0.05, 0.1) is 10.6 Å². The third-order valence-electron chi connectivity index (χ3n) is 3.87. The van der Waals surface area contributed by atoms with Crippen molar-refractivity contribution in [3.05, 3.63) is 64.7 Å². The molecule has 0 saturated heterocycles. The lowest BCUT2D eigenvalue weighted by atomic mass is 10.0. The molecule has 2 aromatic carbocycles.